The van der Waals surface area contributed by atoms with Crippen molar-refractivity contribution in [2.75, 3.05) is 5.75 Å². The van der Waals surface area contributed by atoms with Crippen LogP contribution in [0, 0.1) is 0 Å². The molecule has 1 heterocycles. The highest BCUT2D eigenvalue weighted by Gasteiger charge is 2.42. The molecule has 2 aliphatic rings. The number of phenols is 1. The van der Waals surface area contributed by atoms with Gasteiger partial charge in [0.1, 0.15) is 17.2 Å². The van der Waals surface area contributed by atoms with Crippen LogP contribution in [0.2, 0.25) is 0 Å². The fraction of sp³-hybridized carbons (Fsp3) is 0.556. The van der Waals surface area contributed by atoms with E-state index in [-0.39, 0.29) is 29.0 Å². The number of hydrogen-bond acceptors (Lipinski definition) is 4. The van der Waals surface area contributed by atoms with Gasteiger partial charge in [0, 0.05) is 24.3 Å². The molecular formula is C18H24N2O3S. The van der Waals surface area contributed by atoms with E-state index in [2.05, 4.69) is 5.32 Å². The van der Waals surface area contributed by atoms with Crippen molar-refractivity contribution in [3.63, 3.8) is 0 Å². The first-order valence-corrected chi connectivity index (χ1v) is 9.61. The number of hydrogen-bond donors (Lipinski definition) is 2. The molecule has 5 nitrogen and oxygen atoms in total. The maximum absolute atomic E-state index is 12.7. The minimum atomic E-state index is -0.473. The van der Waals surface area contributed by atoms with Gasteiger partial charge < -0.3 is 15.3 Å². The zero-order chi connectivity index (χ0) is 17.1. The van der Waals surface area contributed by atoms with Gasteiger partial charge in [-0.1, -0.05) is 37.5 Å². The Morgan fingerprint density at radius 1 is 1.21 bits per heavy atom. The molecule has 1 saturated heterocycles. The van der Waals surface area contributed by atoms with Gasteiger partial charge in [0.05, 0.1) is 0 Å². The van der Waals surface area contributed by atoms with Crippen molar-refractivity contribution in [1.82, 2.24) is 10.2 Å². The van der Waals surface area contributed by atoms with E-state index in [0.29, 0.717) is 11.3 Å². The lowest BCUT2D eigenvalue weighted by Gasteiger charge is -2.30. The van der Waals surface area contributed by atoms with E-state index < -0.39 is 6.04 Å². The third-order valence-electron chi connectivity index (χ3n) is 4.82. The van der Waals surface area contributed by atoms with Crippen molar-refractivity contribution in [1.29, 1.82) is 0 Å². The van der Waals surface area contributed by atoms with E-state index in [1.54, 1.807) is 17.0 Å². The van der Waals surface area contributed by atoms with Gasteiger partial charge in [-0.3, -0.25) is 9.59 Å². The summed E-state index contributed by atoms with van der Waals surface area (Å²) in [6.45, 7) is 1.49. The van der Waals surface area contributed by atoms with Gasteiger partial charge >= 0.3 is 0 Å². The quantitative estimate of drug-likeness (QED) is 0.881. The average molecular weight is 348 g/mol. The lowest BCUT2D eigenvalue weighted by Crippen LogP contribution is -2.50. The SMILES string of the molecule is CC(=O)N1[C@@H](C(=O)NC2CCCCC2)CS[C@H]1c1ccccc1O. The summed E-state index contributed by atoms with van der Waals surface area (Å²) in [4.78, 5) is 26.5. The maximum Gasteiger partial charge on any atom is 0.243 e. The standard InChI is InChI=1S/C18H24N2O3S/c1-12(21)20-15(17(23)19-13-7-3-2-4-8-13)11-24-18(20)14-9-5-6-10-16(14)22/h5-6,9-10,13,15,18,22H,2-4,7-8,11H2,1H3,(H,19,23)/t15-,18+/m1/s1. The van der Waals surface area contributed by atoms with Gasteiger partial charge in [0.2, 0.25) is 11.8 Å². The number of benzene rings is 1. The van der Waals surface area contributed by atoms with E-state index in [1.807, 2.05) is 12.1 Å². The summed E-state index contributed by atoms with van der Waals surface area (Å²) >= 11 is 1.53. The topological polar surface area (TPSA) is 69.6 Å². The predicted molar refractivity (Wildman–Crippen MR) is 94.6 cm³/mol. The number of nitrogens with zero attached hydrogens (tertiary/aromatic N) is 1. The van der Waals surface area contributed by atoms with Crippen LogP contribution in [-0.2, 0) is 9.59 Å². The molecule has 6 heteroatoms. The second-order valence-electron chi connectivity index (χ2n) is 6.53. The molecule has 0 spiro atoms. The van der Waals surface area contributed by atoms with Gasteiger partial charge in [0.15, 0.2) is 0 Å². The maximum atomic E-state index is 12.7. The smallest absolute Gasteiger partial charge is 0.243 e. The molecule has 1 aliphatic carbocycles. The molecule has 130 valence electrons. The van der Waals surface area contributed by atoms with Crippen molar-refractivity contribution < 1.29 is 14.7 Å². The van der Waals surface area contributed by atoms with Gasteiger partial charge in [-0.25, -0.2) is 0 Å². The number of carbonyl (C=O) groups is 2. The molecule has 0 aromatic heterocycles. The summed E-state index contributed by atoms with van der Waals surface area (Å²) in [5.74, 6) is 0.506. The van der Waals surface area contributed by atoms with E-state index in [4.69, 9.17) is 0 Å². The Bertz CT molecular complexity index is 616. The van der Waals surface area contributed by atoms with Crippen molar-refractivity contribution in [3.05, 3.63) is 29.8 Å². The molecule has 0 unspecified atom stereocenters. The van der Waals surface area contributed by atoms with Crippen molar-refractivity contribution in [3.8, 4) is 5.75 Å². The normalized spacial score (nSPS) is 24.8. The Morgan fingerprint density at radius 2 is 1.92 bits per heavy atom. The van der Waals surface area contributed by atoms with Gasteiger partial charge in [-0.2, -0.15) is 0 Å². The number of aromatic hydroxyl groups is 1. The molecule has 0 bridgehead atoms. The van der Waals surface area contributed by atoms with Crippen molar-refractivity contribution in [2.24, 2.45) is 0 Å². The molecular weight excluding hydrogens is 324 g/mol. The molecule has 2 amide bonds. The van der Waals surface area contributed by atoms with Crippen LogP contribution in [0.5, 0.6) is 5.75 Å². The fourth-order valence-electron chi connectivity index (χ4n) is 3.57. The minimum absolute atomic E-state index is 0.0671. The van der Waals surface area contributed by atoms with Crippen LogP contribution in [-0.4, -0.2) is 39.7 Å². The predicted octanol–water partition coefficient (Wildman–Crippen LogP) is 2.80. The molecule has 0 radical (unpaired) electrons. The molecule has 1 aromatic carbocycles. The number of para-hydroxylation sites is 1. The molecule has 1 saturated carbocycles. The summed E-state index contributed by atoms with van der Waals surface area (Å²) in [6.07, 6.45) is 5.59. The van der Waals surface area contributed by atoms with Crippen LogP contribution in [0.3, 0.4) is 0 Å². The Hall–Kier alpha value is -1.69. The van der Waals surface area contributed by atoms with Crippen molar-refractivity contribution in [2.45, 2.75) is 56.5 Å². The lowest BCUT2D eigenvalue weighted by molar-refractivity contribution is -0.138. The Balaban J connectivity index is 1.75. The third kappa shape index (κ3) is 3.53. The highest BCUT2D eigenvalue weighted by molar-refractivity contribution is 7.99. The van der Waals surface area contributed by atoms with E-state index in [1.165, 1.54) is 25.1 Å². The summed E-state index contributed by atoms with van der Waals surface area (Å²) in [7, 11) is 0. The van der Waals surface area contributed by atoms with Crippen LogP contribution < -0.4 is 5.32 Å². The van der Waals surface area contributed by atoms with Gasteiger partial charge in [0.25, 0.3) is 0 Å². The highest BCUT2D eigenvalue weighted by atomic mass is 32.2. The van der Waals surface area contributed by atoms with Crippen LogP contribution in [0.15, 0.2) is 24.3 Å². The van der Waals surface area contributed by atoms with Crippen LogP contribution in [0.1, 0.15) is 50.0 Å². The number of amides is 2. The average Bonchev–Trinajstić information content (AvgIpc) is 3.01. The summed E-state index contributed by atoms with van der Waals surface area (Å²) in [5.41, 5.74) is 0.686. The monoisotopic (exact) mass is 348 g/mol. The first-order chi connectivity index (χ1) is 11.6. The molecule has 2 fully saturated rings. The largest absolute Gasteiger partial charge is 0.508 e. The van der Waals surface area contributed by atoms with Crippen LogP contribution in [0.25, 0.3) is 0 Å². The first-order valence-electron chi connectivity index (χ1n) is 8.56. The zero-order valence-corrected chi connectivity index (χ0v) is 14.7. The Labute approximate surface area is 146 Å². The Kier molecular flexibility index (Phi) is 5.33. The number of thioether (sulfide) groups is 1. The summed E-state index contributed by atoms with van der Waals surface area (Å²) < 4.78 is 0. The van der Waals surface area contributed by atoms with Crippen molar-refractivity contribution >= 4 is 23.6 Å². The molecule has 24 heavy (non-hydrogen) atoms. The Morgan fingerprint density at radius 3 is 2.58 bits per heavy atom. The lowest BCUT2D eigenvalue weighted by atomic mass is 9.95. The minimum Gasteiger partial charge on any atom is -0.508 e. The fourth-order valence-corrected chi connectivity index (χ4v) is 5.08. The highest BCUT2D eigenvalue weighted by Crippen LogP contribution is 2.44. The summed E-state index contributed by atoms with van der Waals surface area (Å²) in [6, 6.07) is 6.77. The van der Waals surface area contributed by atoms with Crippen LogP contribution >= 0.6 is 11.8 Å². The zero-order valence-electron chi connectivity index (χ0n) is 13.9. The number of phenolic OH excluding ortho intramolecular Hbond substituents is 1. The van der Waals surface area contributed by atoms with Gasteiger partial charge in [-0.15, -0.1) is 11.8 Å². The molecule has 3 rings (SSSR count). The molecule has 1 aromatic rings. The molecule has 2 N–H and O–H groups in total. The first kappa shape index (κ1) is 17.1. The van der Waals surface area contributed by atoms with E-state index >= 15 is 0 Å². The van der Waals surface area contributed by atoms with E-state index in [9.17, 15) is 14.7 Å². The second-order valence-corrected chi connectivity index (χ2v) is 7.64. The summed E-state index contributed by atoms with van der Waals surface area (Å²) in [5, 5.41) is 12.9. The second kappa shape index (κ2) is 7.47. The van der Waals surface area contributed by atoms with Crippen LogP contribution in [0.4, 0.5) is 0 Å². The number of carbonyl (C=O) groups excluding carboxylic acids is 2. The molecule has 2 atom stereocenters. The molecule has 1 aliphatic heterocycles. The van der Waals surface area contributed by atoms with E-state index in [0.717, 1.165) is 25.7 Å². The number of rotatable bonds is 3. The van der Waals surface area contributed by atoms with Gasteiger partial charge in [-0.05, 0) is 18.9 Å². The third-order valence-corrected chi connectivity index (χ3v) is 6.13. The number of nitrogens with one attached hydrogen (secondary N) is 1.